The van der Waals surface area contributed by atoms with Gasteiger partial charge in [-0.05, 0) is 18.2 Å². The van der Waals surface area contributed by atoms with Crippen LogP contribution in [0.5, 0.6) is 0 Å². The van der Waals surface area contributed by atoms with Crippen molar-refractivity contribution in [2.45, 2.75) is 0 Å². The minimum absolute atomic E-state index is 0.154. The number of hydrogen-bond donors (Lipinski definition) is 4. The number of nitrogens with one attached hydrogen (secondary N) is 3. The van der Waals surface area contributed by atoms with Gasteiger partial charge in [0.15, 0.2) is 0 Å². The van der Waals surface area contributed by atoms with E-state index in [-0.39, 0.29) is 22.9 Å². The van der Waals surface area contributed by atoms with Gasteiger partial charge in [-0.2, -0.15) is 5.10 Å². The Labute approximate surface area is 119 Å². The Bertz CT molecular complexity index is 668. The molecule has 0 aliphatic heterocycles. The molecule has 104 valence electrons. The number of aromatic nitrogens is 2. The van der Waals surface area contributed by atoms with Gasteiger partial charge in [-0.1, -0.05) is 11.6 Å². The van der Waals surface area contributed by atoms with E-state index in [0.29, 0.717) is 10.7 Å². The third kappa shape index (κ3) is 2.72. The molecule has 1 heterocycles. The minimum Gasteiger partial charge on any atom is -0.396 e. The van der Waals surface area contributed by atoms with Crippen LogP contribution in [0.25, 0.3) is 0 Å². The van der Waals surface area contributed by atoms with Gasteiger partial charge in [0.1, 0.15) is 5.69 Å². The largest absolute Gasteiger partial charge is 0.396 e. The maximum atomic E-state index is 11.9. The second kappa shape index (κ2) is 5.62. The summed E-state index contributed by atoms with van der Waals surface area (Å²) in [7, 11) is 1.50. The lowest BCUT2D eigenvalue weighted by atomic mass is 10.2. The van der Waals surface area contributed by atoms with Crippen LogP contribution in [0.15, 0.2) is 24.4 Å². The van der Waals surface area contributed by atoms with E-state index in [0.717, 1.165) is 0 Å². The number of H-pyrrole nitrogens is 1. The smallest absolute Gasteiger partial charge is 0.275 e. The third-order valence-corrected chi connectivity index (χ3v) is 2.92. The summed E-state index contributed by atoms with van der Waals surface area (Å²) >= 11 is 5.92. The minimum atomic E-state index is -0.454. The van der Waals surface area contributed by atoms with E-state index in [1.165, 1.54) is 25.4 Å². The number of halogens is 1. The Kier molecular flexibility index (Phi) is 3.90. The van der Waals surface area contributed by atoms with Gasteiger partial charge in [0.2, 0.25) is 0 Å². The first-order valence-electron chi connectivity index (χ1n) is 5.64. The lowest BCUT2D eigenvalue weighted by Gasteiger charge is -2.08. The van der Waals surface area contributed by atoms with Crippen molar-refractivity contribution in [3.63, 3.8) is 0 Å². The highest BCUT2D eigenvalue weighted by Crippen LogP contribution is 2.21. The summed E-state index contributed by atoms with van der Waals surface area (Å²) in [4.78, 5) is 23.5. The number of carbonyl (C=O) groups is 2. The van der Waals surface area contributed by atoms with E-state index < -0.39 is 5.91 Å². The van der Waals surface area contributed by atoms with Crippen LogP contribution in [-0.2, 0) is 0 Å². The maximum Gasteiger partial charge on any atom is 0.275 e. The van der Waals surface area contributed by atoms with Crippen LogP contribution in [0.1, 0.15) is 20.8 Å². The third-order valence-electron chi connectivity index (χ3n) is 2.59. The van der Waals surface area contributed by atoms with Crippen LogP contribution < -0.4 is 16.4 Å². The molecular formula is C12H12ClN5O2. The number of nitrogen functional groups attached to an aromatic ring is 1. The standard InChI is InChI=1S/C12H12ClN5O2/c1-15-11(19)7-4-6(2-3-8(7)13)17-12(20)10-9(14)5-16-18-10/h2-5H,14H2,1H3,(H,15,19)(H,16,18)(H,17,20). The van der Waals surface area contributed by atoms with Crippen molar-refractivity contribution in [1.82, 2.24) is 15.5 Å². The highest BCUT2D eigenvalue weighted by Gasteiger charge is 2.14. The first-order chi connectivity index (χ1) is 9.52. The van der Waals surface area contributed by atoms with E-state index in [4.69, 9.17) is 17.3 Å². The number of amides is 2. The second-order valence-electron chi connectivity index (χ2n) is 3.93. The summed E-state index contributed by atoms with van der Waals surface area (Å²) in [5, 5.41) is 11.5. The molecule has 2 aromatic rings. The average molecular weight is 294 g/mol. The molecule has 0 saturated heterocycles. The Morgan fingerprint density at radius 3 is 2.70 bits per heavy atom. The number of carbonyl (C=O) groups excluding carboxylic acids is 2. The van der Waals surface area contributed by atoms with Crippen molar-refractivity contribution in [2.24, 2.45) is 0 Å². The van der Waals surface area contributed by atoms with Crippen molar-refractivity contribution in [3.8, 4) is 0 Å². The molecule has 8 heteroatoms. The Morgan fingerprint density at radius 2 is 2.10 bits per heavy atom. The summed E-state index contributed by atoms with van der Waals surface area (Å²) in [6.07, 6.45) is 1.34. The Hall–Kier alpha value is -2.54. The van der Waals surface area contributed by atoms with E-state index in [2.05, 4.69) is 20.8 Å². The number of benzene rings is 1. The molecule has 1 aromatic carbocycles. The Balaban J connectivity index is 2.24. The maximum absolute atomic E-state index is 11.9. The molecule has 0 aliphatic rings. The molecule has 1 aromatic heterocycles. The van der Waals surface area contributed by atoms with Gasteiger partial charge in [-0.3, -0.25) is 14.7 Å². The van der Waals surface area contributed by atoms with E-state index in [9.17, 15) is 9.59 Å². The molecular weight excluding hydrogens is 282 g/mol. The van der Waals surface area contributed by atoms with Gasteiger partial charge in [0.05, 0.1) is 22.5 Å². The van der Waals surface area contributed by atoms with Gasteiger partial charge in [-0.15, -0.1) is 0 Å². The first-order valence-corrected chi connectivity index (χ1v) is 6.02. The molecule has 0 spiro atoms. The summed E-state index contributed by atoms with van der Waals surface area (Å²) in [6.45, 7) is 0. The molecule has 2 rings (SSSR count). The average Bonchev–Trinajstić information content (AvgIpc) is 2.86. The van der Waals surface area contributed by atoms with Crippen molar-refractivity contribution in [1.29, 1.82) is 0 Å². The molecule has 0 bridgehead atoms. The molecule has 0 aliphatic carbocycles. The van der Waals surface area contributed by atoms with Gasteiger partial charge in [0, 0.05) is 12.7 Å². The van der Waals surface area contributed by atoms with Crippen molar-refractivity contribution < 1.29 is 9.59 Å². The number of nitrogens with two attached hydrogens (primary N) is 1. The number of anilines is 2. The fourth-order valence-corrected chi connectivity index (χ4v) is 1.79. The molecule has 7 nitrogen and oxygen atoms in total. The van der Waals surface area contributed by atoms with E-state index in [1.54, 1.807) is 6.07 Å². The van der Waals surface area contributed by atoms with Gasteiger partial charge in [0.25, 0.3) is 11.8 Å². The number of hydrogen-bond acceptors (Lipinski definition) is 4. The van der Waals surface area contributed by atoms with Gasteiger partial charge < -0.3 is 16.4 Å². The van der Waals surface area contributed by atoms with Crippen LogP contribution in [0, 0.1) is 0 Å². The number of aromatic amines is 1. The SMILES string of the molecule is CNC(=O)c1cc(NC(=O)c2[nH]ncc2N)ccc1Cl. The highest BCUT2D eigenvalue weighted by molar-refractivity contribution is 6.34. The predicted octanol–water partition coefficient (Wildman–Crippen LogP) is 1.26. The van der Waals surface area contributed by atoms with Crippen LogP contribution >= 0.6 is 11.6 Å². The van der Waals surface area contributed by atoms with E-state index in [1.807, 2.05) is 0 Å². The van der Waals surface area contributed by atoms with Crippen molar-refractivity contribution in [2.75, 3.05) is 18.1 Å². The first kappa shape index (κ1) is 13.9. The zero-order valence-electron chi connectivity index (χ0n) is 10.5. The zero-order chi connectivity index (χ0) is 14.7. The lowest BCUT2D eigenvalue weighted by Crippen LogP contribution is -2.19. The fourth-order valence-electron chi connectivity index (χ4n) is 1.58. The molecule has 20 heavy (non-hydrogen) atoms. The van der Waals surface area contributed by atoms with Crippen LogP contribution in [-0.4, -0.2) is 29.1 Å². The normalized spacial score (nSPS) is 10.1. The second-order valence-corrected chi connectivity index (χ2v) is 4.34. The van der Waals surface area contributed by atoms with Crippen LogP contribution in [0.3, 0.4) is 0 Å². The van der Waals surface area contributed by atoms with Crippen molar-refractivity contribution >= 4 is 34.8 Å². The quantitative estimate of drug-likeness (QED) is 0.682. The van der Waals surface area contributed by atoms with E-state index >= 15 is 0 Å². The molecule has 2 amide bonds. The van der Waals surface area contributed by atoms with Crippen molar-refractivity contribution in [3.05, 3.63) is 40.7 Å². The zero-order valence-corrected chi connectivity index (χ0v) is 11.3. The predicted molar refractivity (Wildman–Crippen MR) is 75.8 cm³/mol. The van der Waals surface area contributed by atoms with Crippen LogP contribution in [0.4, 0.5) is 11.4 Å². The summed E-state index contributed by atoms with van der Waals surface area (Å²) < 4.78 is 0. The molecule has 0 radical (unpaired) electrons. The van der Waals surface area contributed by atoms with Gasteiger partial charge in [-0.25, -0.2) is 0 Å². The molecule has 0 atom stereocenters. The molecule has 0 fully saturated rings. The lowest BCUT2D eigenvalue weighted by molar-refractivity contribution is 0.0961. The fraction of sp³-hybridized carbons (Fsp3) is 0.0833. The number of nitrogens with zero attached hydrogens (tertiary/aromatic N) is 1. The highest BCUT2D eigenvalue weighted by atomic mass is 35.5. The molecule has 0 saturated carbocycles. The number of rotatable bonds is 3. The summed E-state index contributed by atoms with van der Waals surface area (Å²) in [6, 6.07) is 4.59. The van der Waals surface area contributed by atoms with Gasteiger partial charge >= 0.3 is 0 Å². The summed E-state index contributed by atoms with van der Waals surface area (Å²) in [5.74, 6) is -0.794. The topological polar surface area (TPSA) is 113 Å². The molecule has 0 unspecified atom stereocenters. The Morgan fingerprint density at radius 1 is 1.35 bits per heavy atom. The monoisotopic (exact) mass is 293 g/mol. The summed E-state index contributed by atoms with van der Waals surface area (Å²) in [5.41, 5.74) is 6.66. The molecule has 5 N–H and O–H groups in total. The van der Waals surface area contributed by atoms with Crippen LogP contribution in [0.2, 0.25) is 5.02 Å².